The van der Waals surface area contributed by atoms with Crippen molar-refractivity contribution in [3.05, 3.63) is 21.1 Å². The molecule has 0 aromatic heterocycles. The first kappa shape index (κ1) is 20.9. The summed E-state index contributed by atoms with van der Waals surface area (Å²) in [4.78, 5) is 2.72. The molecule has 22 heavy (non-hydrogen) atoms. The molecule has 1 aromatic rings. The quantitative estimate of drug-likeness (QED) is 0.223. The number of halogens is 2. The summed E-state index contributed by atoms with van der Waals surface area (Å²) in [6.07, 6.45) is 10.7. The third-order valence-corrected chi connectivity index (χ3v) is 7.62. The third-order valence-electron chi connectivity index (χ3n) is 3.50. The Labute approximate surface area is 162 Å². The zero-order valence-electron chi connectivity index (χ0n) is 13.8. The summed E-state index contributed by atoms with van der Waals surface area (Å²) in [5, 5.41) is 0. The molecule has 0 bridgehead atoms. The van der Waals surface area contributed by atoms with Crippen LogP contribution < -0.4 is 0 Å². The van der Waals surface area contributed by atoms with Gasteiger partial charge in [-0.3, -0.25) is 0 Å². The van der Waals surface area contributed by atoms with E-state index in [9.17, 15) is 0 Å². The summed E-state index contributed by atoms with van der Waals surface area (Å²) in [5.41, 5.74) is 0. The van der Waals surface area contributed by atoms with E-state index in [1.165, 1.54) is 81.6 Å². The minimum atomic E-state index is 1.22. The Morgan fingerprint density at radius 1 is 0.682 bits per heavy atom. The van der Waals surface area contributed by atoms with E-state index < -0.39 is 0 Å². The molecule has 0 fully saturated rings. The minimum absolute atomic E-state index is 1.22. The fourth-order valence-corrected chi connectivity index (χ4v) is 5.76. The molecular weight excluding hydrogens is 440 g/mol. The van der Waals surface area contributed by atoms with Crippen molar-refractivity contribution in [1.29, 1.82) is 0 Å². The van der Waals surface area contributed by atoms with Gasteiger partial charge in [0.1, 0.15) is 0 Å². The van der Waals surface area contributed by atoms with Gasteiger partial charge in [-0.2, -0.15) is 0 Å². The van der Waals surface area contributed by atoms with Crippen LogP contribution in [0, 0.1) is 0 Å². The van der Waals surface area contributed by atoms with Crippen molar-refractivity contribution in [1.82, 2.24) is 0 Å². The van der Waals surface area contributed by atoms with Gasteiger partial charge >= 0.3 is 0 Å². The van der Waals surface area contributed by atoms with Crippen LogP contribution in [0.3, 0.4) is 0 Å². The number of hydrogen-bond acceptors (Lipinski definition) is 2. The fraction of sp³-hybridized carbons (Fsp3) is 0.667. The van der Waals surface area contributed by atoms with Crippen molar-refractivity contribution in [2.24, 2.45) is 0 Å². The number of rotatable bonds is 12. The predicted octanol–water partition coefficient (Wildman–Crippen LogP) is 8.56. The maximum atomic E-state index is 3.74. The second-order valence-electron chi connectivity index (χ2n) is 5.53. The SMILES string of the molecule is CCCCCCSc1cc(Br)c(SCCCCCC)cc1Br. The highest BCUT2D eigenvalue weighted by atomic mass is 79.9. The van der Waals surface area contributed by atoms with Gasteiger partial charge < -0.3 is 0 Å². The van der Waals surface area contributed by atoms with E-state index in [1.54, 1.807) is 0 Å². The van der Waals surface area contributed by atoms with Crippen LogP contribution in [0.5, 0.6) is 0 Å². The third kappa shape index (κ3) is 8.65. The Balaban J connectivity index is 2.42. The number of hydrogen-bond donors (Lipinski definition) is 0. The maximum absolute atomic E-state index is 3.74. The average Bonchev–Trinajstić information content (AvgIpc) is 2.51. The van der Waals surface area contributed by atoms with Gasteiger partial charge in [0, 0.05) is 18.7 Å². The maximum Gasteiger partial charge on any atom is 0.0323 e. The number of thioether (sulfide) groups is 2. The van der Waals surface area contributed by atoms with Crippen molar-refractivity contribution in [2.45, 2.75) is 75.0 Å². The summed E-state index contributed by atoms with van der Waals surface area (Å²) in [6, 6.07) is 4.56. The van der Waals surface area contributed by atoms with Crippen LogP contribution in [0.1, 0.15) is 65.2 Å². The summed E-state index contributed by atoms with van der Waals surface area (Å²) < 4.78 is 2.49. The van der Waals surface area contributed by atoms with Gasteiger partial charge in [-0.25, -0.2) is 0 Å². The Morgan fingerprint density at radius 3 is 1.45 bits per heavy atom. The summed E-state index contributed by atoms with van der Waals surface area (Å²) >= 11 is 11.4. The molecule has 0 aliphatic carbocycles. The van der Waals surface area contributed by atoms with Crippen LogP contribution in [0.25, 0.3) is 0 Å². The van der Waals surface area contributed by atoms with Gasteiger partial charge in [-0.15, -0.1) is 23.5 Å². The highest BCUT2D eigenvalue weighted by Crippen LogP contribution is 2.37. The Morgan fingerprint density at radius 2 is 1.09 bits per heavy atom. The second-order valence-corrected chi connectivity index (χ2v) is 9.51. The zero-order valence-corrected chi connectivity index (χ0v) is 18.6. The molecule has 0 atom stereocenters. The largest absolute Gasteiger partial charge is 0.125 e. The molecule has 0 N–H and O–H groups in total. The normalized spacial score (nSPS) is 11.1. The monoisotopic (exact) mass is 466 g/mol. The fourth-order valence-electron chi connectivity index (χ4n) is 2.15. The molecule has 1 rings (SSSR count). The highest BCUT2D eigenvalue weighted by Gasteiger charge is 2.08. The molecule has 0 saturated heterocycles. The molecule has 0 nitrogen and oxygen atoms in total. The standard InChI is InChI=1S/C18H28Br2S2/c1-3-5-7-9-11-21-17-13-16(20)18(14-15(17)19)22-12-10-8-6-4-2/h13-14H,3-12H2,1-2H3. The molecule has 0 spiro atoms. The van der Waals surface area contributed by atoms with Crippen LogP contribution in [0.2, 0.25) is 0 Å². The van der Waals surface area contributed by atoms with E-state index in [0.717, 1.165) is 0 Å². The van der Waals surface area contributed by atoms with Crippen molar-refractivity contribution in [3.63, 3.8) is 0 Å². The molecule has 0 aliphatic rings. The molecule has 126 valence electrons. The van der Waals surface area contributed by atoms with Crippen molar-refractivity contribution in [3.8, 4) is 0 Å². The smallest absolute Gasteiger partial charge is 0.0323 e. The molecule has 0 radical (unpaired) electrons. The average molecular weight is 468 g/mol. The molecular formula is C18H28Br2S2. The van der Waals surface area contributed by atoms with Crippen LogP contribution >= 0.6 is 55.4 Å². The lowest BCUT2D eigenvalue weighted by Crippen LogP contribution is -1.86. The van der Waals surface area contributed by atoms with Gasteiger partial charge in [0.05, 0.1) is 0 Å². The zero-order chi connectivity index (χ0) is 16.2. The van der Waals surface area contributed by atoms with E-state index in [1.807, 2.05) is 23.5 Å². The first-order valence-electron chi connectivity index (χ1n) is 8.43. The molecule has 0 unspecified atom stereocenters. The molecule has 0 saturated carbocycles. The summed E-state index contributed by atoms with van der Waals surface area (Å²) in [5.74, 6) is 2.43. The van der Waals surface area contributed by atoms with Gasteiger partial charge in [0.25, 0.3) is 0 Å². The van der Waals surface area contributed by atoms with Gasteiger partial charge in [0.15, 0.2) is 0 Å². The van der Waals surface area contributed by atoms with Crippen molar-refractivity contribution in [2.75, 3.05) is 11.5 Å². The van der Waals surface area contributed by atoms with E-state index >= 15 is 0 Å². The lowest BCUT2D eigenvalue weighted by Gasteiger charge is -2.10. The van der Waals surface area contributed by atoms with Crippen LogP contribution in [-0.2, 0) is 0 Å². The molecule has 1 aromatic carbocycles. The Kier molecular flexibility index (Phi) is 12.6. The van der Waals surface area contributed by atoms with E-state index in [2.05, 4.69) is 57.8 Å². The Hall–Kier alpha value is 0.880. The lowest BCUT2D eigenvalue weighted by molar-refractivity contribution is 0.706. The Bertz CT molecular complexity index is 382. The molecule has 4 heteroatoms. The first-order valence-corrected chi connectivity index (χ1v) is 12.0. The lowest BCUT2D eigenvalue weighted by atomic mass is 10.2. The summed E-state index contributed by atoms with van der Waals surface area (Å²) in [7, 11) is 0. The van der Waals surface area contributed by atoms with Gasteiger partial charge in [-0.1, -0.05) is 52.4 Å². The number of benzene rings is 1. The molecule has 0 aliphatic heterocycles. The topological polar surface area (TPSA) is 0 Å². The van der Waals surface area contributed by atoms with E-state index in [-0.39, 0.29) is 0 Å². The summed E-state index contributed by atoms with van der Waals surface area (Å²) in [6.45, 7) is 4.53. The van der Waals surface area contributed by atoms with Crippen molar-refractivity contribution >= 4 is 55.4 Å². The second kappa shape index (κ2) is 13.2. The van der Waals surface area contributed by atoms with E-state index in [4.69, 9.17) is 0 Å². The van der Waals surface area contributed by atoms with Crippen LogP contribution in [0.4, 0.5) is 0 Å². The van der Waals surface area contributed by atoms with E-state index in [0.29, 0.717) is 0 Å². The first-order chi connectivity index (χ1) is 10.7. The van der Waals surface area contributed by atoms with Crippen LogP contribution in [0.15, 0.2) is 30.9 Å². The van der Waals surface area contributed by atoms with Crippen LogP contribution in [-0.4, -0.2) is 11.5 Å². The predicted molar refractivity (Wildman–Crippen MR) is 112 cm³/mol. The van der Waals surface area contributed by atoms with Gasteiger partial charge in [-0.05, 0) is 68.3 Å². The minimum Gasteiger partial charge on any atom is -0.125 e. The van der Waals surface area contributed by atoms with Crippen molar-refractivity contribution < 1.29 is 0 Å². The number of unbranched alkanes of at least 4 members (excludes halogenated alkanes) is 6. The highest BCUT2D eigenvalue weighted by molar-refractivity contribution is 9.11. The molecule has 0 heterocycles. The molecule has 0 amide bonds. The van der Waals surface area contributed by atoms with Gasteiger partial charge in [0.2, 0.25) is 0 Å².